The van der Waals surface area contributed by atoms with Crippen molar-refractivity contribution in [2.75, 3.05) is 13.1 Å². The molecule has 2 aromatic carbocycles. The van der Waals surface area contributed by atoms with Gasteiger partial charge in [0.15, 0.2) is 5.82 Å². The molecule has 1 saturated heterocycles. The highest BCUT2D eigenvalue weighted by Gasteiger charge is 2.43. The summed E-state index contributed by atoms with van der Waals surface area (Å²) in [4.78, 5) is 15.9. The van der Waals surface area contributed by atoms with Gasteiger partial charge in [-0.15, -0.1) is 10.2 Å². The number of aromatic amines is 1. The van der Waals surface area contributed by atoms with Crippen LogP contribution in [0.25, 0.3) is 0 Å². The van der Waals surface area contributed by atoms with Gasteiger partial charge in [-0.05, 0) is 44.0 Å². The number of amides is 1. The van der Waals surface area contributed by atoms with Crippen LogP contribution >= 0.6 is 0 Å². The number of nitrogens with one attached hydrogen (secondary N) is 2. The van der Waals surface area contributed by atoms with E-state index in [9.17, 15) is 4.79 Å². The Morgan fingerprint density at radius 3 is 2.38 bits per heavy atom. The standard InChI is InChI=1S/C22H26N6O/c1-17(20-24-26-27-25-20)23-21(29)22(19-10-6-3-7-11-19)12-14-28(15-13-22)16-18-8-4-2-5-9-18/h2-11,17H,12-16H2,1H3,(H,23,29)(H,24,25,26,27). The predicted octanol–water partition coefficient (Wildman–Crippen LogP) is 2.61. The zero-order chi connectivity index (χ0) is 20.1. The minimum absolute atomic E-state index is 0.0281. The Balaban J connectivity index is 1.51. The SMILES string of the molecule is CC(NC(=O)C1(c2ccccc2)CCN(Cc2ccccc2)CC1)c1nn[nH]n1. The monoisotopic (exact) mass is 390 g/mol. The van der Waals surface area contributed by atoms with Gasteiger partial charge in [0.2, 0.25) is 5.91 Å². The van der Waals surface area contributed by atoms with Gasteiger partial charge in [0.25, 0.3) is 0 Å². The van der Waals surface area contributed by atoms with E-state index < -0.39 is 5.41 Å². The van der Waals surface area contributed by atoms with Crippen LogP contribution in [0.3, 0.4) is 0 Å². The molecule has 2 N–H and O–H groups in total. The zero-order valence-corrected chi connectivity index (χ0v) is 16.6. The summed E-state index contributed by atoms with van der Waals surface area (Å²) in [5.41, 5.74) is 1.82. The molecular weight excluding hydrogens is 364 g/mol. The van der Waals surface area contributed by atoms with Crippen LogP contribution in [0, 0.1) is 0 Å². The number of carbonyl (C=O) groups excluding carboxylic acids is 1. The van der Waals surface area contributed by atoms with Gasteiger partial charge in [-0.3, -0.25) is 9.69 Å². The summed E-state index contributed by atoms with van der Waals surface area (Å²) in [5.74, 6) is 0.517. The molecule has 150 valence electrons. The first-order valence-electron chi connectivity index (χ1n) is 10.0. The van der Waals surface area contributed by atoms with E-state index in [0.29, 0.717) is 5.82 Å². The van der Waals surface area contributed by atoms with Gasteiger partial charge in [-0.1, -0.05) is 65.9 Å². The number of hydrogen-bond donors (Lipinski definition) is 2. The first-order valence-corrected chi connectivity index (χ1v) is 10.0. The first kappa shape index (κ1) is 19.3. The van der Waals surface area contributed by atoms with E-state index in [0.717, 1.165) is 38.0 Å². The number of likely N-dealkylation sites (tertiary alicyclic amines) is 1. The molecule has 0 bridgehead atoms. The fourth-order valence-electron chi connectivity index (χ4n) is 4.09. The maximum absolute atomic E-state index is 13.5. The minimum Gasteiger partial charge on any atom is -0.345 e. The molecule has 1 fully saturated rings. The second kappa shape index (κ2) is 8.53. The lowest BCUT2D eigenvalue weighted by atomic mass is 9.71. The Labute approximate surface area is 170 Å². The summed E-state index contributed by atoms with van der Waals surface area (Å²) in [6.45, 7) is 4.53. The average Bonchev–Trinajstić information content (AvgIpc) is 3.31. The van der Waals surface area contributed by atoms with Gasteiger partial charge in [-0.2, -0.15) is 5.21 Å². The summed E-state index contributed by atoms with van der Waals surface area (Å²) >= 11 is 0. The van der Waals surface area contributed by atoms with Crippen LogP contribution in [0.5, 0.6) is 0 Å². The number of carbonyl (C=O) groups is 1. The molecule has 0 saturated carbocycles. The van der Waals surface area contributed by atoms with Gasteiger partial charge in [0.05, 0.1) is 11.5 Å². The van der Waals surface area contributed by atoms with Crippen molar-refractivity contribution in [1.82, 2.24) is 30.8 Å². The van der Waals surface area contributed by atoms with Crippen LogP contribution in [0.1, 0.15) is 42.8 Å². The molecule has 7 nitrogen and oxygen atoms in total. The molecule has 1 aromatic heterocycles. The summed E-state index contributed by atoms with van der Waals surface area (Å²) in [6.07, 6.45) is 1.54. The quantitative estimate of drug-likeness (QED) is 0.676. The highest BCUT2D eigenvalue weighted by molar-refractivity contribution is 5.88. The predicted molar refractivity (Wildman–Crippen MR) is 110 cm³/mol. The number of tetrazole rings is 1. The van der Waals surface area contributed by atoms with Crippen molar-refractivity contribution >= 4 is 5.91 Å². The third-order valence-corrected chi connectivity index (χ3v) is 5.82. The fourth-order valence-corrected chi connectivity index (χ4v) is 4.09. The van der Waals surface area contributed by atoms with Gasteiger partial charge in [0, 0.05) is 6.54 Å². The van der Waals surface area contributed by atoms with Crippen molar-refractivity contribution in [2.45, 2.75) is 37.8 Å². The van der Waals surface area contributed by atoms with E-state index in [-0.39, 0.29) is 11.9 Å². The van der Waals surface area contributed by atoms with Gasteiger partial charge in [0.1, 0.15) is 0 Å². The van der Waals surface area contributed by atoms with Gasteiger partial charge in [-0.25, -0.2) is 0 Å². The molecule has 1 aliphatic heterocycles. The van der Waals surface area contributed by atoms with E-state index in [1.54, 1.807) is 0 Å². The highest BCUT2D eigenvalue weighted by atomic mass is 16.2. The summed E-state index contributed by atoms with van der Waals surface area (Å²) < 4.78 is 0. The number of benzene rings is 2. The van der Waals surface area contributed by atoms with Crippen molar-refractivity contribution in [3.8, 4) is 0 Å². The highest BCUT2D eigenvalue weighted by Crippen LogP contribution is 2.36. The average molecular weight is 390 g/mol. The molecule has 2 heterocycles. The molecule has 3 aromatic rings. The fraction of sp³-hybridized carbons (Fsp3) is 0.364. The lowest BCUT2D eigenvalue weighted by molar-refractivity contribution is -0.129. The van der Waals surface area contributed by atoms with E-state index >= 15 is 0 Å². The molecule has 29 heavy (non-hydrogen) atoms. The van der Waals surface area contributed by atoms with E-state index in [2.05, 4.69) is 67.2 Å². The summed E-state index contributed by atoms with van der Waals surface area (Å²) in [5, 5.41) is 17.1. The Kier molecular flexibility index (Phi) is 5.67. The second-order valence-corrected chi connectivity index (χ2v) is 7.68. The summed E-state index contributed by atoms with van der Waals surface area (Å²) in [6, 6.07) is 20.3. The summed E-state index contributed by atoms with van der Waals surface area (Å²) in [7, 11) is 0. The van der Waals surface area contributed by atoms with Crippen molar-refractivity contribution in [2.24, 2.45) is 0 Å². The van der Waals surface area contributed by atoms with Gasteiger partial charge >= 0.3 is 0 Å². The normalized spacial score (nSPS) is 17.6. The first-order chi connectivity index (χ1) is 14.2. The maximum Gasteiger partial charge on any atom is 0.231 e. The van der Waals surface area contributed by atoms with Crippen molar-refractivity contribution < 1.29 is 4.79 Å². The Morgan fingerprint density at radius 2 is 1.76 bits per heavy atom. The number of H-pyrrole nitrogens is 1. The number of hydrogen-bond acceptors (Lipinski definition) is 5. The van der Waals surface area contributed by atoms with E-state index in [1.807, 2.05) is 31.2 Å². The Hall–Kier alpha value is -3.06. The van der Waals surface area contributed by atoms with Crippen LogP contribution in [0.4, 0.5) is 0 Å². The third kappa shape index (κ3) is 4.19. The topological polar surface area (TPSA) is 86.8 Å². The molecular formula is C22H26N6O. The van der Waals surface area contributed by atoms with Crippen molar-refractivity contribution in [1.29, 1.82) is 0 Å². The zero-order valence-electron chi connectivity index (χ0n) is 16.6. The van der Waals surface area contributed by atoms with Crippen molar-refractivity contribution in [3.63, 3.8) is 0 Å². The third-order valence-electron chi connectivity index (χ3n) is 5.82. The molecule has 4 rings (SSSR count). The smallest absolute Gasteiger partial charge is 0.231 e. The lowest BCUT2D eigenvalue weighted by Crippen LogP contribution is -2.52. The molecule has 0 spiro atoms. The lowest BCUT2D eigenvalue weighted by Gasteiger charge is -2.41. The van der Waals surface area contributed by atoms with Crippen LogP contribution in [0.2, 0.25) is 0 Å². The van der Waals surface area contributed by atoms with Crippen LogP contribution < -0.4 is 5.32 Å². The Morgan fingerprint density at radius 1 is 1.10 bits per heavy atom. The van der Waals surface area contributed by atoms with Crippen LogP contribution in [-0.2, 0) is 16.8 Å². The number of rotatable bonds is 6. The molecule has 0 radical (unpaired) electrons. The molecule has 1 unspecified atom stereocenters. The van der Waals surface area contributed by atoms with Crippen molar-refractivity contribution in [3.05, 3.63) is 77.6 Å². The maximum atomic E-state index is 13.5. The van der Waals surface area contributed by atoms with Crippen LogP contribution in [-0.4, -0.2) is 44.5 Å². The number of piperidine rings is 1. The van der Waals surface area contributed by atoms with Gasteiger partial charge < -0.3 is 5.32 Å². The molecule has 1 amide bonds. The number of nitrogens with zero attached hydrogens (tertiary/aromatic N) is 4. The Bertz CT molecular complexity index is 905. The van der Waals surface area contributed by atoms with E-state index in [4.69, 9.17) is 0 Å². The van der Waals surface area contributed by atoms with Crippen LogP contribution in [0.15, 0.2) is 60.7 Å². The molecule has 1 aliphatic rings. The molecule has 0 aliphatic carbocycles. The number of aromatic nitrogens is 4. The molecule has 7 heteroatoms. The second-order valence-electron chi connectivity index (χ2n) is 7.68. The largest absolute Gasteiger partial charge is 0.345 e. The minimum atomic E-state index is -0.549. The molecule has 1 atom stereocenters. The van der Waals surface area contributed by atoms with E-state index in [1.165, 1.54) is 5.56 Å².